The lowest BCUT2D eigenvalue weighted by molar-refractivity contribution is 0.0602. The number of nitrogens with one attached hydrogen (secondary N) is 1. The molecule has 1 aromatic carbocycles. The molecule has 0 amide bonds. The number of para-hydroxylation sites is 1. The molecule has 0 saturated heterocycles. The molecule has 20 heavy (non-hydrogen) atoms. The Morgan fingerprint density at radius 2 is 2.30 bits per heavy atom. The molecule has 1 aromatic heterocycles. The van der Waals surface area contributed by atoms with Crippen molar-refractivity contribution in [3.05, 3.63) is 35.5 Å². The number of anilines is 2. The van der Waals surface area contributed by atoms with Gasteiger partial charge in [-0.05, 0) is 12.1 Å². The van der Waals surface area contributed by atoms with Gasteiger partial charge in [-0.3, -0.25) is 0 Å². The Balaban J connectivity index is 2.01. The SMILES string of the molecule is COC(=O)c1cccc(NCCc2noc(C)n2)c1N. The molecule has 1 heterocycles. The quantitative estimate of drug-likeness (QED) is 0.628. The van der Waals surface area contributed by atoms with Crippen LogP contribution in [0.2, 0.25) is 0 Å². The van der Waals surface area contributed by atoms with Crippen molar-refractivity contribution in [1.82, 2.24) is 10.1 Å². The van der Waals surface area contributed by atoms with Gasteiger partial charge in [-0.25, -0.2) is 4.79 Å². The Bertz CT molecular complexity index is 609. The highest BCUT2D eigenvalue weighted by Crippen LogP contribution is 2.23. The van der Waals surface area contributed by atoms with E-state index in [9.17, 15) is 4.79 Å². The van der Waals surface area contributed by atoms with E-state index in [0.29, 0.717) is 41.6 Å². The zero-order valence-electron chi connectivity index (χ0n) is 11.3. The van der Waals surface area contributed by atoms with E-state index in [1.165, 1.54) is 7.11 Å². The predicted octanol–water partition coefficient (Wildman–Crippen LogP) is 1.40. The molecule has 0 aliphatic carbocycles. The standard InChI is InChI=1S/C13H16N4O3/c1-8-16-11(17-20-8)6-7-15-10-5-3-4-9(12(10)14)13(18)19-2/h3-5,15H,6-7,14H2,1-2H3. The first-order valence-electron chi connectivity index (χ1n) is 6.11. The summed E-state index contributed by atoms with van der Waals surface area (Å²) in [7, 11) is 1.32. The van der Waals surface area contributed by atoms with E-state index in [-0.39, 0.29) is 0 Å². The third-order valence-electron chi connectivity index (χ3n) is 2.75. The van der Waals surface area contributed by atoms with Crippen LogP contribution in [0.1, 0.15) is 22.1 Å². The van der Waals surface area contributed by atoms with Crippen molar-refractivity contribution in [2.75, 3.05) is 24.7 Å². The van der Waals surface area contributed by atoms with Gasteiger partial charge < -0.3 is 20.3 Å². The molecule has 0 saturated carbocycles. The molecule has 0 fully saturated rings. The van der Waals surface area contributed by atoms with E-state index < -0.39 is 5.97 Å². The number of hydrogen-bond donors (Lipinski definition) is 2. The molecule has 2 aromatic rings. The van der Waals surface area contributed by atoms with Crippen LogP contribution >= 0.6 is 0 Å². The first-order valence-corrected chi connectivity index (χ1v) is 6.11. The van der Waals surface area contributed by atoms with E-state index >= 15 is 0 Å². The topological polar surface area (TPSA) is 103 Å². The van der Waals surface area contributed by atoms with E-state index in [0.717, 1.165) is 0 Å². The number of methoxy groups -OCH3 is 1. The van der Waals surface area contributed by atoms with Crippen molar-refractivity contribution in [1.29, 1.82) is 0 Å². The Kier molecular flexibility index (Phi) is 4.19. The van der Waals surface area contributed by atoms with Crippen LogP contribution in [0.15, 0.2) is 22.7 Å². The molecule has 3 N–H and O–H groups in total. The molecule has 7 nitrogen and oxygen atoms in total. The summed E-state index contributed by atoms with van der Waals surface area (Å²) >= 11 is 0. The van der Waals surface area contributed by atoms with Gasteiger partial charge in [-0.15, -0.1) is 0 Å². The van der Waals surface area contributed by atoms with Crippen LogP contribution in [0, 0.1) is 6.92 Å². The molecule has 0 atom stereocenters. The molecular weight excluding hydrogens is 260 g/mol. The second-order valence-corrected chi connectivity index (χ2v) is 4.16. The molecule has 0 aliphatic heterocycles. The Morgan fingerprint density at radius 3 is 2.95 bits per heavy atom. The molecule has 2 rings (SSSR count). The Labute approximate surface area is 116 Å². The number of esters is 1. The number of hydrogen-bond acceptors (Lipinski definition) is 7. The number of nitrogens with two attached hydrogens (primary N) is 1. The minimum atomic E-state index is -0.458. The van der Waals surface area contributed by atoms with Crippen LogP contribution in [0.4, 0.5) is 11.4 Å². The van der Waals surface area contributed by atoms with Gasteiger partial charge in [0.1, 0.15) is 0 Å². The van der Waals surface area contributed by atoms with Crippen LogP contribution in [-0.4, -0.2) is 29.8 Å². The summed E-state index contributed by atoms with van der Waals surface area (Å²) in [6.07, 6.45) is 0.596. The highest BCUT2D eigenvalue weighted by molar-refractivity contribution is 5.98. The van der Waals surface area contributed by atoms with Crippen molar-refractivity contribution in [2.24, 2.45) is 0 Å². The molecular formula is C13H16N4O3. The summed E-state index contributed by atoms with van der Waals surface area (Å²) in [5.41, 5.74) is 7.31. The number of aryl methyl sites for hydroxylation is 1. The van der Waals surface area contributed by atoms with Crippen LogP contribution in [-0.2, 0) is 11.2 Å². The van der Waals surface area contributed by atoms with E-state index in [4.69, 9.17) is 10.3 Å². The molecule has 7 heteroatoms. The Morgan fingerprint density at radius 1 is 1.50 bits per heavy atom. The average molecular weight is 276 g/mol. The van der Waals surface area contributed by atoms with E-state index in [1.807, 2.05) is 0 Å². The number of carbonyl (C=O) groups excluding carboxylic acids is 1. The van der Waals surface area contributed by atoms with Gasteiger partial charge >= 0.3 is 5.97 Å². The lowest BCUT2D eigenvalue weighted by Crippen LogP contribution is -2.11. The normalized spacial score (nSPS) is 10.3. The van der Waals surface area contributed by atoms with Gasteiger partial charge in [0.15, 0.2) is 5.82 Å². The smallest absolute Gasteiger partial charge is 0.340 e. The summed E-state index contributed by atoms with van der Waals surface area (Å²) < 4.78 is 9.55. The number of ether oxygens (including phenoxy) is 1. The fourth-order valence-electron chi connectivity index (χ4n) is 1.76. The van der Waals surface area contributed by atoms with Crippen LogP contribution in [0.3, 0.4) is 0 Å². The maximum atomic E-state index is 11.5. The van der Waals surface area contributed by atoms with Gasteiger partial charge in [0.2, 0.25) is 5.89 Å². The lowest BCUT2D eigenvalue weighted by Gasteiger charge is -2.11. The van der Waals surface area contributed by atoms with Gasteiger partial charge in [0.05, 0.1) is 24.0 Å². The van der Waals surface area contributed by atoms with Crippen molar-refractivity contribution in [3.63, 3.8) is 0 Å². The lowest BCUT2D eigenvalue weighted by atomic mass is 10.1. The van der Waals surface area contributed by atoms with Gasteiger partial charge in [0, 0.05) is 19.9 Å². The van der Waals surface area contributed by atoms with E-state index in [1.54, 1.807) is 25.1 Å². The molecule has 0 radical (unpaired) electrons. The highest BCUT2D eigenvalue weighted by Gasteiger charge is 2.12. The summed E-state index contributed by atoms with van der Waals surface area (Å²) in [5.74, 6) is 0.699. The molecule has 0 spiro atoms. The minimum Gasteiger partial charge on any atom is -0.465 e. The number of carbonyl (C=O) groups is 1. The maximum absolute atomic E-state index is 11.5. The maximum Gasteiger partial charge on any atom is 0.340 e. The highest BCUT2D eigenvalue weighted by atomic mass is 16.5. The molecule has 0 bridgehead atoms. The van der Waals surface area contributed by atoms with Crippen molar-refractivity contribution < 1.29 is 14.1 Å². The number of rotatable bonds is 5. The average Bonchev–Trinajstić information content (AvgIpc) is 2.85. The predicted molar refractivity (Wildman–Crippen MR) is 73.4 cm³/mol. The third kappa shape index (κ3) is 3.05. The zero-order valence-corrected chi connectivity index (χ0v) is 11.3. The van der Waals surface area contributed by atoms with Crippen molar-refractivity contribution in [2.45, 2.75) is 13.3 Å². The minimum absolute atomic E-state index is 0.341. The van der Waals surface area contributed by atoms with Gasteiger partial charge in [-0.2, -0.15) is 4.98 Å². The summed E-state index contributed by atoms with van der Waals surface area (Å²) in [6, 6.07) is 5.15. The number of benzene rings is 1. The van der Waals surface area contributed by atoms with Crippen molar-refractivity contribution in [3.8, 4) is 0 Å². The molecule has 106 valence electrons. The van der Waals surface area contributed by atoms with Gasteiger partial charge in [0.25, 0.3) is 0 Å². The number of nitrogen functional groups attached to an aromatic ring is 1. The number of aromatic nitrogens is 2. The summed E-state index contributed by atoms with van der Waals surface area (Å²) in [6.45, 7) is 2.32. The first kappa shape index (κ1) is 13.9. The van der Waals surface area contributed by atoms with Crippen LogP contribution in [0.25, 0.3) is 0 Å². The zero-order chi connectivity index (χ0) is 14.5. The number of nitrogens with zero attached hydrogens (tertiary/aromatic N) is 2. The monoisotopic (exact) mass is 276 g/mol. The summed E-state index contributed by atoms with van der Waals surface area (Å²) in [5, 5.41) is 6.93. The van der Waals surface area contributed by atoms with Crippen LogP contribution < -0.4 is 11.1 Å². The third-order valence-corrected chi connectivity index (χ3v) is 2.75. The van der Waals surface area contributed by atoms with Crippen LogP contribution in [0.5, 0.6) is 0 Å². The van der Waals surface area contributed by atoms with E-state index in [2.05, 4.69) is 20.2 Å². The molecule has 0 aliphatic rings. The second-order valence-electron chi connectivity index (χ2n) is 4.16. The fraction of sp³-hybridized carbons (Fsp3) is 0.308. The fourth-order valence-corrected chi connectivity index (χ4v) is 1.76. The first-order chi connectivity index (χ1) is 9.61. The largest absolute Gasteiger partial charge is 0.465 e. The summed E-state index contributed by atoms with van der Waals surface area (Å²) in [4.78, 5) is 15.6. The second kappa shape index (κ2) is 6.05. The Hall–Kier alpha value is -2.57. The van der Waals surface area contributed by atoms with Gasteiger partial charge in [-0.1, -0.05) is 11.2 Å². The molecule has 0 unspecified atom stereocenters. The van der Waals surface area contributed by atoms with Crippen molar-refractivity contribution >= 4 is 17.3 Å².